The third kappa shape index (κ3) is 3.62. The van der Waals surface area contributed by atoms with E-state index in [-0.39, 0.29) is 5.91 Å². The number of fused-ring (bicyclic) bond motifs is 1. The van der Waals surface area contributed by atoms with E-state index < -0.39 is 0 Å². The van der Waals surface area contributed by atoms with E-state index in [2.05, 4.69) is 20.2 Å². The van der Waals surface area contributed by atoms with Crippen LogP contribution in [0.2, 0.25) is 0 Å². The van der Waals surface area contributed by atoms with Crippen LogP contribution in [0, 0.1) is 0 Å². The van der Waals surface area contributed by atoms with Crippen molar-refractivity contribution in [2.24, 2.45) is 0 Å². The second kappa shape index (κ2) is 7.16. The van der Waals surface area contributed by atoms with E-state index in [1.54, 1.807) is 23.7 Å². The summed E-state index contributed by atoms with van der Waals surface area (Å²) >= 11 is 1.62. The second-order valence-electron chi connectivity index (χ2n) is 5.82. The molecule has 1 N–H and O–H groups in total. The first kappa shape index (κ1) is 16.0. The smallest absolute Gasteiger partial charge is 0.251 e. The van der Waals surface area contributed by atoms with Crippen molar-refractivity contribution in [3.8, 4) is 0 Å². The van der Waals surface area contributed by atoms with Crippen LogP contribution in [0.5, 0.6) is 0 Å². The normalized spacial score (nSPS) is 14.6. The number of pyridine rings is 1. The molecule has 1 saturated heterocycles. The third-order valence-corrected chi connectivity index (χ3v) is 5.18. The molecule has 0 unspecified atom stereocenters. The molecule has 1 amide bonds. The van der Waals surface area contributed by atoms with Crippen LogP contribution in [0.25, 0.3) is 10.2 Å². The van der Waals surface area contributed by atoms with Gasteiger partial charge in [-0.15, -0.1) is 0 Å². The van der Waals surface area contributed by atoms with Crippen LogP contribution in [0.15, 0.2) is 42.7 Å². The molecule has 2 aromatic heterocycles. The number of nitrogens with zero attached hydrogens (tertiary/aromatic N) is 3. The standard InChI is InChI=1S/C18H18N4O2S/c23-17(20-12-13-2-1-5-19-11-13)14-3-4-15-16(10-14)25-18(21-15)22-6-8-24-9-7-22/h1-5,10-11H,6-9,12H2,(H,20,23). The molecule has 0 spiro atoms. The Morgan fingerprint density at radius 3 is 2.96 bits per heavy atom. The Bertz CT molecular complexity index is 875. The molecule has 6 nitrogen and oxygen atoms in total. The summed E-state index contributed by atoms with van der Waals surface area (Å²) in [6, 6.07) is 9.44. The summed E-state index contributed by atoms with van der Waals surface area (Å²) in [7, 11) is 0. The molecule has 7 heteroatoms. The lowest BCUT2D eigenvalue weighted by molar-refractivity contribution is 0.0951. The number of morpholine rings is 1. The Morgan fingerprint density at radius 1 is 1.28 bits per heavy atom. The van der Waals surface area contributed by atoms with E-state index in [1.807, 2.05) is 30.3 Å². The van der Waals surface area contributed by atoms with Crippen molar-refractivity contribution in [1.82, 2.24) is 15.3 Å². The Balaban J connectivity index is 1.49. The van der Waals surface area contributed by atoms with Crippen molar-refractivity contribution in [3.05, 3.63) is 53.9 Å². The Hall–Kier alpha value is -2.51. The summed E-state index contributed by atoms with van der Waals surface area (Å²) in [5, 5.41) is 3.92. The van der Waals surface area contributed by atoms with Crippen molar-refractivity contribution < 1.29 is 9.53 Å². The molecule has 0 atom stereocenters. The molecule has 1 aliphatic heterocycles. The van der Waals surface area contributed by atoms with Gasteiger partial charge in [-0.3, -0.25) is 9.78 Å². The molecule has 3 heterocycles. The topological polar surface area (TPSA) is 67.4 Å². The van der Waals surface area contributed by atoms with E-state index >= 15 is 0 Å². The summed E-state index contributed by atoms with van der Waals surface area (Å²) in [6.07, 6.45) is 3.47. The van der Waals surface area contributed by atoms with Gasteiger partial charge >= 0.3 is 0 Å². The van der Waals surface area contributed by atoms with Crippen molar-refractivity contribution >= 4 is 32.6 Å². The number of amides is 1. The van der Waals surface area contributed by atoms with Gasteiger partial charge in [-0.2, -0.15) is 0 Å². The van der Waals surface area contributed by atoms with E-state index in [1.165, 1.54) is 0 Å². The SMILES string of the molecule is O=C(NCc1cccnc1)c1ccc2nc(N3CCOCC3)sc2c1. The highest BCUT2D eigenvalue weighted by Gasteiger charge is 2.16. The molecule has 0 saturated carbocycles. The molecular formula is C18H18N4O2S. The number of ether oxygens (including phenoxy) is 1. The molecule has 128 valence electrons. The van der Waals surface area contributed by atoms with Crippen LogP contribution in [-0.4, -0.2) is 42.2 Å². The molecule has 1 aromatic carbocycles. The maximum Gasteiger partial charge on any atom is 0.251 e. The average Bonchev–Trinajstić information content (AvgIpc) is 3.11. The molecule has 0 aliphatic carbocycles. The average molecular weight is 354 g/mol. The minimum absolute atomic E-state index is 0.0907. The molecule has 0 radical (unpaired) electrons. The van der Waals surface area contributed by atoms with E-state index in [4.69, 9.17) is 4.74 Å². The summed E-state index contributed by atoms with van der Waals surface area (Å²) < 4.78 is 6.41. The first-order chi connectivity index (χ1) is 12.3. The zero-order valence-electron chi connectivity index (χ0n) is 13.6. The largest absolute Gasteiger partial charge is 0.378 e. The van der Waals surface area contributed by atoms with Gasteiger partial charge in [-0.05, 0) is 29.8 Å². The number of hydrogen-bond donors (Lipinski definition) is 1. The molecule has 3 aromatic rings. The minimum Gasteiger partial charge on any atom is -0.378 e. The van der Waals surface area contributed by atoms with Crippen LogP contribution in [-0.2, 0) is 11.3 Å². The number of thiazole rings is 1. The first-order valence-electron chi connectivity index (χ1n) is 8.20. The fraction of sp³-hybridized carbons (Fsp3) is 0.278. The Morgan fingerprint density at radius 2 is 2.16 bits per heavy atom. The monoisotopic (exact) mass is 354 g/mol. The maximum atomic E-state index is 12.4. The van der Waals surface area contributed by atoms with E-state index in [0.717, 1.165) is 47.2 Å². The predicted octanol–water partition coefficient (Wildman–Crippen LogP) is 2.46. The number of carbonyl (C=O) groups excluding carboxylic acids is 1. The van der Waals surface area contributed by atoms with Crippen LogP contribution < -0.4 is 10.2 Å². The van der Waals surface area contributed by atoms with Crippen LogP contribution in [0.4, 0.5) is 5.13 Å². The van der Waals surface area contributed by atoms with E-state index in [0.29, 0.717) is 12.1 Å². The van der Waals surface area contributed by atoms with Crippen LogP contribution in [0.3, 0.4) is 0 Å². The molecule has 4 rings (SSSR count). The van der Waals surface area contributed by atoms with E-state index in [9.17, 15) is 4.79 Å². The quantitative estimate of drug-likeness (QED) is 0.779. The van der Waals surface area contributed by atoms with Gasteiger partial charge in [-0.25, -0.2) is 4.98 Å². The lowest BCUT2D eigenvalue weighted by atomic mass is 10.2. The fourth-order valence-corrected chi connectivity index (χ4v) is 3.79. The maximum absolute atomic E-state index is 12.4. The summed E-state index contributed by atoms with van der Waals surface area (Å²) in [5.41, 5.74) is 2.55. The lowest BCUT2D eigenvalue weighted by Crippen LogP contribution is -2.36. The zero-order chi connectivity index (χ0) is 17.1. The second-order valence-corrected chi connectivity index (χ2v) is 6.83. The van der Waals surface area contributed by atoms with Gasteiger partial charge in [-0.1, -0.05) is 17.4 Å². The van der Waals surface area contributed by atoms with Crippen molar-refractivity contribution in [2.75, 3.05) is 31.2 Å². The number of rotatable bonds is 4. The zero-order valence-corrected chi connectivity index (χ0v) is 14.5. The fourth-order valence-electron chi connectivity index (χ4n) is 2.73. The van der Waals surface area contributed by atoms with Gasteiger partial charge < -0.3 is 15.0 Å². The number of aromatic nitrogens is 2. The lowest BCUT2D eigenvalue weighted by Gasteiger charge is -2.25. The third-order valence-electron chi connectivity index (χ3n) is 4.10. The number of hydrogen-bond acceptors (Lipinski definition) is 6. The highest BCUT2D eigenvalue weighted by atomic mass is 32.1. The van der Waals surface area contributed by atoms with Gasteiger partial charge in [0.05, 0.1) is 23.4 Å². The van der Waals surface area contributed by atoms with Gasteiger partial charge in [0, 0.05) is 37.6 Å². The van der Waals surface area contributed by atoms with Gasteiger partial charge in [0.1, 0.15) is 0 Å². The minimum atomic E-state index is -0.0907. The number of benzene rings is 1. The Kier molecular flexibility index (Phi) is 4.58. The van der Waals surface area contributed by atoms with Crippen molar-refractivity contribution in [1.29, 1.82) is 0 Å². The summed E-state index contributed by atoms with van der Waals surface area (Å²) in [4.78, 5) is 23.4. The molecule has 0 bridgehead atoms. The van der Waals surface area contributed by atoms with Gasteiger partial charge in [0.15, 0.2) is 5.13 Å². The van der Waals surface area contributed by atoms with Crippen molar-refractivity contribution in [3.63, 3.8) is 0 Å². The van der Waals surface area contributed by atoms with Crippen LogP contribution >= 0.6 is 11.3 Å². The molecule has 25 heavy (non-hydrogen) atoms. The molecule has 1 aliphatic rings. The van der Waals surface area contributed by atoms with Crippen LogP contribution in [0.1, 0.15) is 15.9 Å². The summed E-state index contributed by atoms with van der Waals surface area (Å²) in [5.74, 6) is -0.0907. The van der Waals surface area contributed by atoms with Crippen molar-refractivity contribution in [2.45, 2.75) is 6.54 Å². The molecule has 1 fully saturated rings. The molecular weight excluding hydrogens is 336 g/mol. The number of anilines is 1. The first-order valence-corrected chi connectivity index (χ1v) is 9.02. The summed E-state index contributed by atoms with van der Waals surface area (Å²) in [6.45, 7) is 3.65. The van der Waals surface area contributed by atoms with Gasteiger partial charge in [0.2, 0.25) is 0 Å². The van der Waals surface area contributed by atoms with Gasteiger partial charge in [0.25, 0.3) is 5.91 Å². The Labute approximate surface area is 149 Å². The highest BCUT2D eigenvalue weighted by Crippen LogP contribution is 2.30. The number of carbonyl (C=O) groups is 1. The predicted molar refractivity (Wildman–Crippen MR) is 98.1 cm³/mol. The number of nitrogens with one attached hydrogen (secondary N) is 1. The highest BCUT2D eigenvalue weighted by molar-refractivity contribution is 7.22.